The number of nitrogens with zero attached hydrogens (tertiary/aromatic N) is 8. The number of halogens is 3. The van der Waals surface area contributed by atoms with E-state index in [9.17, 15) is 23.2 Å². The molecule has 1 aliphatic heterocycles. The van der Waals surface area contributed by atoms with Gasteiger partial charge in [-0.05, 0) is 55.2 Å². The second-order valence-electron chi connectivity index (χ2n) is 11.2. The molecular formula is C30H30F3N9O2. The molecule has 0 spiro atoms. The topological polar surface area (TPSA) is 127 Å². The van der Waals surface area contributed by atoms with Gasteiger partial charge in [-0.15, -0.1) is 10.2 Å². The van der Waals surface area contributed by atoms with Gasteiger partial charge in [0.15, 0.2) is 5.82 Å². The van der Waals surface area contributed by atoms with Crippen molar-refractivity contribution in [2.75, 3.05) is 23.4 Å². The number of benzene rings is 1. The normalized spacial score (nSPS) is 15.7. The molecule has 1 aliphatic carbocycles. The highest BCUT2D eigenvalue weighted by atomic mass is 19.4. The number of aromatic nitrogens is 6. The Hall–Kier alpha value is -4.77. The van der Waals surface area contributed by atoms with Crippen LogP contribution in [-0.4, -0.2) is 48.6 Å². The largest absolute Gasteiger partial charge is 0.416 e. The van der Waals surface area contributed by atoms with Gasteiger partial charge in [0.2, 0.25) is 0 Å². The lowest BCUT2D eigenvalue weighted by Crippen LogP contribution is -2.32. The molecule has 14 heteroatoms. The lowest BCUT2D eigenvalue weighted by molar-refractivity contribution is -0.138. The standard InChI is InChI=1S/C30H30F3N9O2/c1-4-35-24-10-19(26-21(12-37-41(26)3)27-39-36-17-40(27)2)11-25(38-24)42-13-22-20(28(42)43)8-18(9-23(22)30(31,32)33)14-44-16-29(15-34)6-5-7-29/h8-12,17H,4-7,13-14,16H2,1-3H3,(H,35,38). The summed E-state index contributed by atoms with van der Waals surface area (Å²) in [5, 5.41) is 25.2. The van der Waals surface area contributed by atoms with Gasteiger partial charge in [-0.1, -0.05) is 6.42 Å². The predicted molar refractivity (Wildman–Crippen MR) is 154 cm³/mol. The summed E-state index contributed by atoms with van der Waals surface area (Å²) in [7, 11) is 3.57. The summed E-state index contributed by atoms with van der Waals surface area (Å²) in [6, 6.07) is 8.21. The van der Waals surface area contributed by atoms with Crippen molar-refractivity contribution in [1.29, 1.82) is 5.26 Å². The van der Waals surface area contributed by atoms with Gasteiger partial charge in [0, 0.05) is 31.8 Å². The number of hydrogen-bond donors (Lipinski definition) is 1. The van der Waals surface area contributed by atoms with Gasteiger partial charge in [-0.2, -0.15) is 23.5 Å². The number of carbonyl (C=O) groups excluding carboxylic acids is 1. The first-order chi connectivity index (χ1) is 21.0. The van der Waals surface area contributed by atoms with E-state index >= 15 is 0 Å². The van der Waals surface area contributed by atoms with Crippen LogP contribution in [-0.2, 0) is 38.2 Å². The van der Waals surface area contributed by atoms with Gasteiger partial charge >= 0.3 is 6.18 Å². The van der Waals surface area contributed by atoms with Gasteiger partial charge in [0.05, 0.1) is 54.3 Å². The molecule has 0 atom stereocenters. The first-order valence-corrected chi connectivity index (χ1v) is 14.2. The molecule has 44 heavy (non-hydrogen) atoms. The van der Waals surface area contributed by atoms with E-state index in [1.165, 1.54) is 11.0 Å². The van der Waals surface area contributed by atoms with Crippen molar-refractivity contribution in [2.45, 2.75) is 45.5 Å². The Morgan fingerprint density at radius 3 is 2.59 bits per heavy atom. The van der Waals surface area contributed by atoms with Gasteiger partial charge in [0.1, 0.15) is 18.0 Å². The molecule has 0 unspecified atom stereocenters. The first-order valence-electron chi connectivity index (χ1n) is 14.2. The van der Waals surface area contributed by atoms with Crippen LogP contribution >= 0.6 is 0 Å². The molecular weight excluding hydrogens is 575 g/mol. The van der Waals surface area contributed by atoms with Crippen molar-refractivity contribution in [3.05, 3.63) is 59.0 Å². The molecule has 1 N–H and O–H groups in total. The van der Waals surface area contributed by atoms with E-state index in [-0.39, 0.29) is 42.3 Å². The first kappa shape index (κ1) is 29.3. The smallest absolute Gasteiger partial charge is 0.375 e. The fraction of sp³-hybridized carbons (Fsp3) is 0.400. The van der Waals surface area contributed by atoms with Gasteiger partial charge in [-0.25, -0.2) is 4.98 Å². The Labute approximate surface area is 251 Å². The quantitative estimate of drug-likeness (QED) is 0.279. The number of carbonyl (C=O) groups is 1. The van der Waals surface area contributed by atoms with E-state index in [1.807, 2.05) is 6.92 Å². The van der Waals surface area contributed by atoms with Crippen LogP contribution in [0.15, 0.2) is 36.8 Å². The Morgan fingerprint density at radius 2 is 1.95 bits per heavy atom. The van der Waals surface area contributed by atoms with Crippen LogP contribution in [0.25, 0.3) is 22.6 Å². The number of nitriles is 1. The van der Waals surface area contributed by atoms with Crippen LogP contribution in [0, 0.1) is 16.7 Å². The van der Waals surface area contributed by atoms with E-state index in [4.69, 9.17) is 4.74 Å². The molecule has 228 valence electrons. The fourth-order valence-electron chi connectivity index (χ4n) is 5.78. The lowest BCUT2D eigenvalue weighted by Gasteiger charge is -2.34. The average molecular weight is 606 g/mol. The zero-order valence-electron chi connectivity index (χ0n) is 24.4. The predicted octanol–water partition coefficient (Wildman–Crippen LogP) is 5.10. The minimum absolute atomic E-state index is 0.0467. The van der Waals surface area contributed by atoms with Gasteiger partial charge < -0.3 is 14.6 Å². The summed E-state index contributed by atoms with van der Waals surface area (Å²) >= 11 is 0. The highest BCUT2D eigenvalue weighted by Crippen LogP contribution is 2.42. The van der Waals surface area contributed by atoms with Crippen LogP contribution in [0.4, 0.5) is 24.8 Å². The van der Waals surface area contributed by atoms with E-state index in [0.717, 1.165) is 12.5 Å². The second-order valence-corrected chi connectivity index (χ2v) is 11.2. The van der Waals surface area contributed by atoms with Crippen LogP contribution in [0.5, 0.6) is 0 Å². The average Bonchev–Trinajstić information content (AvgIpc) is 3.65. The summed E-state index contributed by atoms with van der Waals surface area (Å²) in [6.45, 7) is 2.11. The number of pyridine rings is 1. The highest BCUT2D eigenvalue weighted by Gasteiger charge is 2.41. The molecule has 0 bridgehead atoms. The van der Waals surface area contributed by atoms with E-state index in [1.54, 1.807) is 48.0 Å². The number of anilines is 2. The number of amides is 1. The van der Waals surface area contributed by atoms with E-state index < -0.39 is 23.1 Å². The zero-order chi connectivity index (χ0) is 31.2. The highest BCUT2D eigenvalue weighted by molar-refractivity contribution is 6.10. The van der Waals surface area contributed by atoms with Crippen molar-refractivity contribution in [3.63, 3.8) is 0 Å². The molecule has 3 aromatic heterocycles. The third-order valence-electron chi connectivity index (χ3n) is 8.21. The minimum atomic E-state index is -4.69. The van der Waals surface area contributed by atoms with Gasteiger partial charge in [0.25, 0.3) is 5.91 Å². The summed E-state index contributed by atoms with van der Waals surface area (Å²) in [5.41, 5.74) is 0.583. The fourth-order valence-corrected chi connectivity index (χ4v) is 5.78. The lowest BCUT2D eigenvalue weighted by atomic mass is 9.71. The Kier molecular flexibility index (Phi) is 7.36. The molecule has 2 aliphatic rings. The van der Waals surface area contributed by atoms with Crippen molar-refractivity contribution >= 4 is 17.5 Å². The van der Waals surface area contributed by atoms with Gasteiger partial charge in [-0.3, -0.25) is 14.4 Å². The molecule has 11 nitrogen and oxygen atoms in total. The molecule has 6 rings (SSSR count). The number of alkyl halides is 3. The molecule has 0 saturated heterocycles. The van der Waals surface area contributed by atoms with E-state index in [2.05, 4.69) is 31.7 Å². The SMILES string of the molecule is CCNc1cc(-c2c(-c3nncn3C)cnn2C)cc(N2Cc3c(cc(COCC4(C#N)CCC4)cc3C(F)(F)F)C2=O)n1. The van der Waals surface area contributed by atoms with Crippen LogP contribution in [0.3, 0.4) is 0 Å². The van der Waals surface area contributed by atoms with E-state index in [0.29, 0.717) is 47.8 Å². The maximum atomic E-state index is 14.3. The molecule has 4 heterocycles. The van der Waals surface area contributed by atoms with Crippen molar-refractivity contribution in [1.82, 2.24) is 29.5 Å². The number of rotatable bonds is 9. The zero-order valence-corrected chi connectivity index (χ0v) is 24.4. The minimum Gasteiger partial charge on any atom is -0.375 e. The third-order valence-corrected chi connectivity index (χ3v) is 8.21. The Balaban J connectivity index is 1.37. The summed E-state index contributed by atoms with van der Waals surface area (Å²) in [4.78, 5) is 19.6. The Morgan fingerprint density at radius 1 is 1.16 bits per heavy atom. The van der Waals surface area contributed by atoms with Crippen molar-refractivity contribution in [2.24, 2.45) is 19.5 Å². The maximum absolute atomic E-state index is 14.3. The molecule has 1 amide bonds. The molecule has 0 radical (unpaired) electrons. The molecule has 4 aromatic rings. The van der Waals surface area contributed by atoms with Crippen LogP contribution in [0.2, 0.25) is 0 Å². The summed E-state index contributed by atoms with van der Waals surface area (Å²) in [6.07, 6.45) is 0.865. The summed E-state index contributed by atoms with van der Waals surface area (Å²) in [5.74, 6) is 0.618. The molecule has 1 fully saturated rings. The number of fused-ring (bicyclic) bond motifs is 1. The molecule has 1 aromatic carbocycles. The Bertz CT molecular complexity index is 1780. The second kappa shape index (κ2) is 11.1. The third kappa shape index (κ3) is 5.17. The number of ether oxygens (including phenoxy) is 1. The molecule has 1 saturated carbocycles. The number of nitrogens with one attached hydrogen (secondary N) is 1. The number of aryl methyl sites for hydroxylation is 2. The van der Waals surface area contributed by atoms with Crippen LogP contribution in [0.1, 0.15) is 53.2 Å². The summed E-state index contributed by atoms with van der Waals surface area (Å²) < 4.78 is 52.1. The van der Waals surface area contributed by atoms with Crippen molar-refractivity contribution in [3.8, 4) is 28.7 Å². The van der Waals surface area contributed by atoms with Crippen LogP contribution < -0.4 is 10.2 Å². The monoisotopic (exact) mass is 605 g/mol. The number of hydrogen-bond acceptors (Lipinski definition) is 8. The maximum Gasteiger partial charge on any atom is 0.416 e. The van der Waals surface area contributed by atoms with Crippen molar-refractivity contribution < 1.29 is 22.7 Å².